The van der Waals surface area contributed by atoms with Crippen molar-refractivity contribution < 1.29 is 9.90 Å². The zero-order valence-electron chi connectivity index (χ0n) is 13.9. The Kier molecular flexibility index (Phi) is 3.78. The van der Waals surface area contributed by atoms with E-state index in [1.807, 2.05) is 12.3 Å². The topological polar surface area (TPSA) is 85.4 Å². The van der Waals surface area contributed by atoms with Gasteiger partial charge in [0.2, 0.25) is 0 Å². The summed E-state index contributed by atoms with van der Waals surface area (Å²) in [6, 6.07) is 2.48. The molecule has 1 unspecified atom stereocenters. The number of amides is 1. The highest BCUT2D eigenvalue weighted by atomic mass is 16.4. The zero-order valence-corrected chi connectivity index (χ0v) is 13.9. The first kappa shape index (κ1) is 15.2. The Balaban J connectivity index is 1.49. The van der Waals surface area contributed by atoms with Crippen LogP contribution in [0.1, 0.15) is 25.7 Å². The minimum absolute atomic E-state index is 0.454. The maximum Gasteiger partial charge on any atom is 0.407 e. The van der Waals surface area contributed by atoms with Crippen LogP contribution in [0, 0.1) is 11.8 Å². The lowest BCUT2D eigenvalue weighted by molar-refractivity contribution is 0.0723. The highest BCUT2D eigenvalue weighted by molar-refractivity contribution is 5.87. The molecule has 4 rings (SSSR count). The van der Waals surface area contributed by atoms with E-state index in [4.69, 9.17) is 0 Å². The van der Waals surface area contributed by atoms with Gasteiger partial charge in [0.15, 0.2) is 0 Å². The van der Waals surface area contributed by atoms with Crippen molar-refractivity contribution in [2.75, 3.05) is 25.0 Å². The molecule has 0 spiro atoms. The molecule has 7 nitrogen and oxygen atoms in total. The molecule has 1 aliphatic carbocycles. The molecule has 24 heavy (non-hydrogen) atoms. The number of likely N-dealkylation sites (tertiary alicyclic amines) is 1. The fraction of sp³-hybridized carbons (Fsp3) is 0.588. The third kappa shape index (κ3) is 2.57. The van der Waals surface area contributed by atoms with Crippen molar-refractivity contribution in [2.24, 2.45) is 11.8 Å². The van der Waals surface area contributed by atoms with Crippen LogP contribution < -0.4 is 4.90 Å². The molecule has 2 aliphatic rings. The molecule has 1 amide bonds. The maximum absolute atomic E-state index is 11.2. The van der Waals surface area contributed by atoms with Gasteiger partial charge < -0.3 is 19.9 Å². The predicted octanol–water partition coefficient (Wildman–Crippen LogP) is 2.56. The second-order valence-corrected chi connectivity index (χ2v) is 7.05. The van der Waals surface area contributed by atoms with Gasteiger partial charge in [-0.3, -0.25) is 0 Å². The number of H-pyrrole nitrogens is 1. The first-order valence-corrected chi connectivity index (χ1v) is 8.62. The van der Waals surface area contributed by atoms with E-state index in [0.717, 1.165) is 42.5 Å². The van der Waals surface area contributed by atoms with Crippen molar-refractivity contribution in [3.05, 3.63) is 18.6 Å². The summed E-state index contributed by atoms with van der Waals surface area (Å²) in [7, 11) is 2.12. The largest absolute Gasteiger partial charge is 0.465 e. The Morgan fingerprint density at radius 2 is 2.21 bits per heavy atom. The summed E-state index contributed by atoms with van der Waals surface area (Å²) in [5.74, 6) is 2.11. The van der Waals surface area contributed by atoms with E-state index in [-0.39, 0.29) is 0 Å². The molecule has 3 heterocycles. The number of carboxylic acid groups (broad SMARTS) is 1. The number of nitrogens with one attached hydrogen (secondary N) is 1. The van der Waals surface area contributed by atoms with Gasteiger partial charge >= 0.3 is 6.09 Å². The molecule has 1 aliphatic heterocycles. The van der Waals surface area contributed by atoms with Crippen LogP contribution in [0.5, 0.6) is 0 Å². The van der Waals surface area contributed by atoms with Crippen LogP contribution in [0.4, 0.5) is 10.6 Å². The van der Waals surface area contributed by atoms with Crippen molar-refractivity contribution in [3.8, 4) is 0 Å². The molecule has 1 saturated heterocycles. The number of anilines is 1. The fourth-order valence-electron chi connectivity index (χ4n) is 4.43. The Labute approximate surface area is 140 Å². The molecular weight excluding hydrogens is 306 g/mol. The lowest BCUT2D eigenvalue weighted by atomic mass is 9.73. The van der Waals surface area contributed by atoms with Gasteiger partial charge in [-0.25, -0.2) is 14.8 Å². The summed E-state index contributed by atoms with van der Waals surface area (Å²) in [5.41, 5.74) is 0.871. The number of nitrogens with zero attached hydrogens (tertiary/aromatic N) is 4. The molecule has 0 bridgehead atoms. The summed E-state index contributed by atoms with van der Waals surface area (Å²) < 4.78 is 0. The zero-order chi connectivity index (χ0) is 16.7. The van der Waals surface area contributed by atoms with Crippen LogP contribution in [0.2, 0.25) is 0 Å². The second kappa shape index (κ2) is 5.96. The maximum atomic E-state index is 11.2. The highest BCUT2D eigenvalue weighted by Crippen LogP contribution is 2.39. The Hall–Kier alpha value is -2.31. The normalized spacial score (nSPS) is 27.0. The Bertz CT molecular complexity index is 745. The molecule has 2 aromatic heterocycles. The van der Waals surface area contributed by atoms with E-state index in [1.165, 1.54) is 0 Å². The lowest BCUT2D eigenvalue weighted by Crippen LogP contribution is -2.48. The average Bonchev–Trinajstić information content (AvgIpc) is 3.08. The van der Waals surface area contributed by atoms with E-state index in [2.05, 4.69) is 26.9 Å². The van der Waals surface area contributed by atoms with Gasteiger partial charge in [0, 0.05) is 32.4 Å². The molecule has 1 saturated carbocycles. The van der Waals surface area contributed by atoms with E-state index >= 15 is 0 Å². The molecule has 3 atom stereocenters. The smallest absolute Gasteiger partial charge is 0.407 e. The summed E-state index contributed by atoms with van der Waals surface area (Å²) in [6.45, 7) is 1.37. The monoisotopic (exact) mass is 329 g/mol. The second-order valence-electron chi connectivity index (χ2n) is 7.05. The number of hydrogen-bond acceptors (Lipinski definition) is 4. The van der Waals surface area contributed by atoms with Crippen LogP contribution in [-0.2, 0) is 0 Å². The Morgan fingerprint density at radius 1 is 1.33 bits per heavy atom. The van der Waals surface area contributed by atoms with Crippen molar-refractivity contribution in [2.45, 2.75) is 31.7 Å². The van der Waals surface area contributed by atoms with Crippen molar-refractivity contribution in [1.29, 1.82) is 0 Å². The van der Waals surface area contributed by atoms with Gasteiger partial charge in [0.25, 0.3) is 0 Å². The molecule has 2 fully saturated rings. The predicted molar refractivity (Wildman–Crippen MR) is 91.1 cm³/mol. The number of hydrogen-bond donors (Lipinski definition) is 2. The first-order valence-electron chi connectivity index (χ1n) is 8.62. The number of piperidine rings is 1. The fourth-order valence-corrected chi connectivity index (χ4v) is 4.43. The van der Waals surface area contributed by atoms with Crippen LogP contribution in [0.25, 0.3) is 11.0 Å². The molecule has 0 aromatic carbocycles. The van der Waals surface area contributed by atoms with E-state index in [9.17, 15) is 9.90 Å². The van der Waals surface area contributed by atoms with E-state index < -0.39 is 6.09 Å². The molecule has 7 heteroatoms. The minimum atomic E-state index is -0.775. The number of aromatic nitrogens is 3. The quantitative estimate of drug-likeness (QED) is 0.884. The molecule has 2 N–H and O–H groups in total. The summed E-state index contributed by atoms with van der Waals surface area (Å²) >= 11 is 0. The molecule has 0 radical (unpaired) electrons. The van der Waals surface area contributed by atoms with Crippen LogP contribution >= 0.6 is 0 Å². The number of carbonyl (C=O) groups is 1. The van der Waals surface area contributed by atoms with Gasteiger partial charge in [0.05, 0.1) is 5.39 Å². The lowest BCUT2D eigenvalue weighted by Gasteiger charge is -2.45. The van der Waals surface area contributed by atoms with Gasteiger partial charge in [-0.1, -0.05) is 0 Å². The third-order valence-electron chi connectivity index (χ3n) is 5.82. The van der Waals surface area contributed by atoms with Crippen LogP contribution in [-0.4, -0.2) is 57.2 Å². The summed E-state index contributed by atoms with van der Waals surface area (Å²) in [4.78, 5) is 27.0. The highest BCUT2D eigenvalue weighted by Gasteiger charge is 2.37. The molecule has 2 aromatic rings. The Morgan fingerprint density at radius 3 is 3.04 bits per heavy atom. The molecule has 128 valence electrons. The van der Waals surface area contributed by atoms with Crippen molar-refractivity contribution in [1.82, 2.24) is 19.9 Å². The first-order chi connectivity index (χ1) is 11.6. The van der Waals surface area contributed by atoms with Crippen molar-refractivity contribution >= 4 is 22.9 Å². The third-order valence-corrected chi connectivity index (χ3v) is 5.82. The average molecular weight is 329 g/mol. The van der Waals surface area contributed by atoms with Gasteiger partial charge in [-0.05, 0) is 43.6 Å². The number of rotatable bonds is 2. The van der Waals surface area contributed by atoms with Gasteiger partial charge in [-0.15, -0.1) is 0 Å². The van der Waals surface area contributed by atoms with Crippen molar-refractivity contribution in [3.63, 3.8) is 0 Å². The van der Waals surface area contributed by atoms with Crippen LogP contribution in [0.3, 0.4) is 0 Å². The van der Waals surface area contributed by atoms with E-state index in [1.54, 1.807) is 11.2 Å². The molecular formula is C17H23N5O2. The summed E-state index contributed by atoms with van der Waals surface area (Å²) in [5, 5.41) is 10.3. The van der Waals surface area contributed by atoms with Gasteiger partial charge in [0.1, 0.15) is 17.8 Å². The summed E-state index contributed by atoms with van der Waals surface area (Å²) in [6.07, 6.45) is 7.00. The SMILES string of the molecule is CN(c1ncnc2[nH]ccc12)C1CC[C@H]2CN(C(=O)O)CC[C@H]2C1. The minimum Gasteiger partial charge on any atom is -0.465 e. The standard InChI is InChI=1S/C17H23N5O2/c1-21(16-14-4-6-18-15(14)19-10-20-16)13-3-2-12-9-22(17(23)24)7-5-11(12)8-13/h4,6,10-13H,2-3,5,7-9H2,1H3,(H,23,24)(H,18,19,20)/t11-,12-,13?/m0/s1. The van der Waals surface area contributed by atoms with E-state index in [0.29, 0.717) is 31.0 Å². The van der Waals surface area contributed by atoms with Crippen LogP contribution in [0.15, 0.2) is 18.6 Å². The number of fused-ring (bicyclic) bond motifs is 2. The number of aromatic amines is 1. The van der Waals surface area contributed by atoms with Gasteiger partial charge in [-0.2, -0.15) is 0 Å².